The maximum absolute atomic E-state index is 13.5. The van der Waals surface area contributed by atoms with Crippen molar-refractivity contribution in [1.82, 2.24) is 10.3 Å². The molecule has 1 atom stereocenters. The second-order valence-electron chi connectivity index (χ2n) is 11.9. The molecule has 0 spiro atoms. The molecule has 276 valence electrons. The van der Waals surface area contributed by atoms with Gasteiger partial charge in [0.15, 0.2) is 5.78 Å². The molecule has 5 aromatic rings. The third-order valence-electron chi connectivity index (χ3n) is 8.28. The number of nitrogens with two attached hydrogens (primary N) is 2. The van der Waals surface area contributed by atoms with Crippen molar-refractivity contribution in [2.24, 2.45) is 17.4 Å². The fourth-order valence-electron chi connectivity index (χ4n) is 5.51. The fraction of sp³-hybridized carbons (Fsp3) is 0.179. The first-order valence-corrected chi connectivity index (χ1v) is 16.2. The summed E-state index contributed by atoms with van der Waals surface area (Å²) in [4.78, 5) is 55.9. The Labute approximate surface area is 318 Å². The molecule has 1 amide bonds. The van der Waals surface area contributed by atoms with Crippen LogP contribution in [0.5, 0.6) is 0 Å². The number of amides is 1. The molecule has 14 heteroatoms. The summed E-state index contributed by atoms with van der Waals surface area (Å²) in [6.45, 7) is -0.474. The molecule has 0 fully saturated rings. The number of rotatable bonds is 16. The SMILES string of the molecule is Cl.Cl.N=C(N)c1ccc(-c2[nH]c3cc(C(=N)N)ccc3c2CC(=O)NCC(=O)C(CCC(=O)OCc2ccccc2)C(=O)OCc2ccccc2)cc1. The summed E-state index contributed by atoms with van der Waals surface area (Å²) in [6.07, 6.45) is -0.496. The molecular formula is C39H40Cl2N6O6. The van der Waals surface area contributed by atoms with Crippen LogP contribution in [0.15, 0.2) is 103 Å². The molecule has 4 aromatic carbocycles. The van der Waals surface area contributed by atoms with Crippen molar-refractivity contribution in [1.29, 1.82) is 10.8 Å². The molecule has 0 aliphatic carbocycles. The van der Waals surface area contributed by atoms with Crippen LogP contribution in [0.25, 0.3) is 22.2 Å². The Bertz CT molecular complexity index is 2070. The van der Waals surface area contributed by atoms with Gasteiger partial charge in [-0.15, -0.1) is 24.8 Å². The molecule has 0 saturated heterocycles. The number of ketones is 1. The highest BCUT2D eigenvalue weighted by molar-refractivity contribution is 6.03. The monoisotopic (exact) mass is 758 g/mol. The summed E-state index contributed by atoms with van der Waals surface area (Å²) in [7, 11) is 0. The average molecular weight is 760 g/mol. The zero-order chi connectivity index (χ0) is 36.3. The second kappa shape index (κ2) is 19.6. The van der Waals surface area contributed by atoms with Gasteiger partial charge in [-0.3, -0.25) is 30.0 Å². The van der Waals surface area contributed by atoms with Gasteiger partial charge >= 0.3 is 11.9 Å². The first-order chi connectivity index (χ1) is 24.6. The van der Waals surface area contributed by atoms with Crippen molar-refractivity contribution in [3.8, 4) is 11.3 Å². The molecule has 1 aromatic heterocycles. The fourth-order valence-corrected chi connectivity index (χ4v) is 5.51. The molecular weight excluding hydrogens is 719 g/mol. The van der Waals surface area contributed by atoms with Gasteiger partial charge < -0.3 is 31.2 Å². The molecule has 0 aliphatic heterocycles. The lowest BCUT2D eigenvalue weighted by molar-refractivity contribution is -0.154. The van der Waals surface area contributed by atoms with Gasteiger partial charge in [-0.2, -0.15) is 0 Å². The smallest absolute Gasteiger partial charge is 0.316 e. The topological polar surface area (TPSA) is 214 Å². The summed E-state index contributed by atoms with van der Waals surface area (Å²) in [5.74, 6) is -3.98. The van der Waals surface area contributed by atoms with E-state index in [1.165, 1.54) is 0 Å². The first kappa shape index (κ1) is 41.4. The number of aromatic nitrogens is 1. The summed E-state index contributed by atoms with van der Waals surface area (Å²) in [5.41, 5.74) is 16.5. The van der Waals surface area contributed by atoms with E-state index in [0.717, 1.165) is 16.7 Å². The Morgan fingerprint density at radius 1 is 0.736 bits per heavy atom. The van der Waals surface area contributed by atoms with Crippen LogP contribution in [0.2, 0.25) is 0 Å². The Morgan fingerprint density at radius 3 is 1.89 bits per heavy atom. The Hall–Kier alpha value is -5.98. The van der Waals surface area contributed by atoms with Gasteiger partial charge in [0.2, 0.25) is 5.91 Å². The number of carbonyl (C=O) groups excluding carboxylic acids is 4. The van der Waals surface area contributed by atoms with Crippen LogP contribution in [0.4, 0.5) is 0 Å². The van der Waals surface area contributed by atoms with Gasteiger partial charge in [-0.25, -0.2) is 0 Å². The predicted molar refractivity (Wildman–Crippen MR) is 207 cm³/mol. The number of H-pyrrole nitrogens is 1. The molecule has 5 rings (SSSR count). The average Bonchev–Trinajstić information content (AvgIpc) is 3.50. The lowest BCUT2D eigenvalue weighted by Crippen LogP contribution is -2.37. The zero-order valence-corrected chi connectivity index (χ0v) is 30.2. The van der Waals surface area contributed by atoms with E-state index in [0.29, 0.717) is 33.3 Å². The number of amidine groups is 2. The number of halogens is 2. The normalized spacial score (nSPS) is 10.9. The highest BCUT2D eigenvalue weighted by Crippen LogP contribution is 2.32. The summed E-state index contributed by atoms with van der Waals surface area (Å²) < 4.78 is 10.8. The van der Waals surface area contributed by atoms with Crippen molar-refractivity contribution >= 4 is 71.0 Å². The molecule has 12 nitrogen and oxygen atoms in total. The minimum absolute atomic E-state index is 0. The van der Waals surface area contributed by atoms with E-state index >= 15 is 0 Å². The van der Waals surface area contributed by atoms with Crippen LogP contribution in [0.3, 0.4) is 0 Å². The van der Waals surface area contributed by atoms with Crippen molar-refractivity contribution in [3.05, 3.63) is 131 Å². The summed E-state index contributed by atoms with van der Waals surface area (Å²) in [5, 5.41) is 18.9. The van der Waals surface area contributed by atoms with Gasteiger partial charge in [-0.1, -0.05) is 97.1 Å². The largest absolute Gasteiger partial charge is 0.461 e. The van der Waals surface area contributed by atoms with Gasteiger partial charge in [0, 0.05) is 28.5 Å². The van der Waals surface area contributed by atoms with E-state index < -0.39 is 36.1 Å². The molecule has 1 heterocycles. The number of carbonyl (C=O) groups is 4. The Balaban J connectivity index is 0.00000378. The van der Waals surface area contributed by atoms with E-state index in [-0.39, 0.29) is 69.0 Å². The van der Waals surface area contributed by atoms with Crippen LogP contribution in [0, 0.1) is 16.7 Å². The van der Waals surface area contributed by atoms with Crippen LogP contribution in [-0.4, -0.2) is 46.8 Å². The molecule has 53 heavy (non-hydrogen) atoms. The van der Waals surface area contributed by atoms with Crippen molar-refractivity contribution in [2.45, 2.75) is 32.5 Å². The molecule has 0 radical (unpaired) electrons. The second-order valence-corrected chi connectivity index (χ2v) is 11.9. The van der Waals surface area contributed by atoms with E-state index in [2.05, 4.69) is 10.3 Å². The maximum atomic E-state index is 13.5. The minimum atomic E-state index is -1.31. The van der Waals surface area contributed by atoms with Gasteiger partial charge in [0.25, 0.3) is 0 Å². The number of Topliss-reactive ketones (excluding diaryl/α,β-unsaturated/α-hetero) is 1. The van der Waals surface area contributed by atoms with E-state index in [9.17, 15) is 19.2 Å². The third kappa shape index (κ3) is 11.3. The highest BCUT2D eigenvalue weighted by Gasteiger charge is 2.29. The molecule has 1 unspecified atom stereocenters. The van der Waals surface area contributed by atoms with Gasteiger partial charge in [-0.05, 0) is 34.7 Å². The summed E-state index contributed by atoms with van der Waals surface area (Å²) >= 11 is 0. The van der Waals surface area contributed by atoms with Crippen molar-refractivity contribution in [2.75, 3.05) is 6.54 Å². The Morgan fingerprint density at radius 2 is 1.30 bits per heavy atom. The number of esters is 2. The van der Waals surface area contributed by atoms with E-state index in [4.69, 9.17) is 31.8 Å². The van der Waals surface area contributed by atoms with E-state index in [1.807, 2.05) is 36.4 Å². The lowest BCUT2D eigenvalue weighted by Gasteiger charge is -2.16. The van der Waals surface area contributed by atoms with Crippen molar-refractivity contribution in [3.63, 3.8) is 0 Å². The van der Waals surface area contributed by atoms with Crippen molar-refractivity contribution < 1.29 is 28.7 Å². The van der Waals surface area contributed by atoms with Gasteiger partial charge in [0.1, 0.15) is 30.8 Å². The minimum Gasteiger partial charge on any atom is -0.461 e. The lowest BCUT2D eigenvalue weighted by atomic mass is 9.97. The Kier molecular flexibility index (Phi) is 15.3. The number of hydrogen-bond donors (Lipinski definition) is 6. The molecule has 0 saturated carbocycles. The maximum Gasteiger partial charge on any atom is 0.316 e. The third-order valence-corrected chi connectivity index (χ3v) is 8.28. The zero-order valence-electron chi connectivity index (χ0n) is 28.6. The number of fused-ring (bicyclic) bond motifs is 1. The number of nitrogen functional groups attached to an aromatic ring is 2. The molecule has 0 aliphatic rings. The van der Waals surface area contributed by atoms with Crippen LogP contribution in [-0.2, 0) is 48.3 Å². The number of nitrogens with one attached hydrogen (secondary N) is 4. The number of benzene rings is 4. The summed E-state index contributed by atoms with van der Waals surface area (Å²) in [6, 6.07) is 30.2. The standard InChI is InChI=1S/C39H38N6O6.2ClH/c40-37(41)27-13-11-26(12-14-27)36-31(29-16-15-28(38(42)43)19-32(29)45-36)20-34(47)44-21-33(46)30(39(49)51-23-25-9-5-2-6-10-25)17-18-35(48)50-22-24-7-3-1-4-8-24;;/h1-16,19,30,45H,17-18,20-23H2,(H3,40,41)(H3,42,43)(H,44,47);2*1H. The molecule has 0 bridgehead atoms. The predicted octanol–water partition coefficient (Wildman–Crippen LogP) is 5.36. The number of aromatic amines is 1. The van der Waals surface area contributed by atoms with Gasteiger partial charge in [0.05, 0.1) is 18.7 Å². The van der Waals surface area contributed by atoms with Crippen LogP contribution >= 0.6 is 24.8 Å². The number of hydrogen-bond acceptors (Lipinski definition) is 8. The van der Waals surface area contributed by atoms with Crippen LogP contribution < -0.4 is 16.8 Å². The van der Waals surface area contributed by atoms with E-state index in [1.54, 1.807) is 66.7 Å². The van der Waals surface area contributed by atoms with Crippen LogP contribution in [0.1, 0.15) is 40.7 Å². The number of ether oxygens (including phenoxy) is 2. The highest BCUT2D eigenvalue weighted by atomic mass is 35.5. The quantitative estimate of drug-likeness (QED) is 0.0333. The first-order valence-electron chi connectivity index (χ1n) is 16.2. The molecule has 8 N–H and O–H groups in total.